The summed E-state index contributed by atoms with van der Waals surface area (Å²) in [5.41, 5.74) is 2.23. The molecule has 1 aromatic heterocycles. The molecule has 3 rings (SSSR count). The zero-order valence-corrected chi connectivity index (χ0v) is 12.8. The van der Waals surface area contributed by atoms with Crippen LogP contribution in [0.5, 0.6) is 0 Å². The van der Waals surface area contributed by atoms with E-state index in [1.54, 1.807) is 19.1 Å². The third-order valence-electron chi connectivity index (χ3n) is 3.84. The Bertz CT molecular complexity index is 900. The molecule has 1 atom stereocenters. The van der Waals surface area contributed by atoms with Crippen molar-refractivity contribution in [3.63, 3.8) is 0 Å². The van der Waals surface area contributed by atoms with Crippen LogP contribution in [0.25, 0.3) is 10.9 Å². The lowest BCUT2D eigenvalue weighted by molar-refractivity contribution is 0.281. The highest BCUT2D eigenvalue weighted by molar-refractivity contribution is 7.91. The highest BCUT2D eigenvalue weighted by atomic mass is 32.2. The summed E-state index contributed by atoms with van der Waals surface area (Å²) in [6.45, 7) is 1.69. The molecule has 114 valence electrons. The number of sulfone groups is 1. The van der Waals surface area contributed by atoms with Gasteiger partial charge in [0.25, 0.3) is 0 Å². The molecule has 1 aromatic carbocycles. The molecule has 2 aromatic rings. The molecule has 0 bridgehead atoms. The molecule has 1 aliphatic heterocycles. The van der Waals surface area contributed by atoms with Gasteiger partial charge in [0.05, 0.1) is 34.0 Å². The number of nitrogens with zero attached hydrogens (tertiary/aromatic N) is 2. The van der Waals surface area contributed by atoms with Gasteiger partial charge in [0.2, 0.25) is 0 Å². The molecule has 0 saturated carbocycles. The number of nitriles is 1. The third kappa shape index (κ3) is 2.21. The predicted molar refractivity (Wildman–Crippen MR) is 82.4 cm³/mol. The molecule has 2 N–H and O–H groups in total. The average Bonchev–Trinajstić information content (AvgIpc) is 2.82. The maximum absolute atomic E-state index is 12.1. The summed E-state index contributed by atoms with van der Waals surface area (Å²) < 4.78 is 24.2. The van der Waals surface area contributed by atoms with Crippen molar-refractivity contribution in [2.75, 3.05) is 17.7 Å². The van der Waals surface area contributed by atoms with Crippen LogP contribution in [-0.2, 0) is 16.3 Å². The Hall–Kier alpha value is -2.17. The Morgan fingerprint density at radius 1 is 1.50 bits per heavy atom. The summed E-state index contributed by atoms with van der Waals surface area (Å²) in [5, 5.41) is 22.3. The van der Waals surface area contributed by atoms with Gasteiger partial charge in [0.1, 0.15) is 6.07 Å². The van der Waals surface area contributed by atoms with Crippen LogP contribution < -0.4 is 5.32 Å². The lowest BCUT2D eigenvalue weighted by atomic mass is 10.0. The van der Waals surface area contributed by atoms with E-state index >= 15 is 0 Å². The van der Waals surface area contributed by atoms with Crippen molar-refractivity contribution < 1.29 is 13.5 Å². The summed E-state index contributed by atoms with van der Waals surface area (Å²) in [7, 11) is -3.26. The fraction of sp³-hybridized carbons (Fsp3) is 0.333. The molecule has 2 heterocycles. The van der Waals surface area contributed by atoms with Crippen molar-refractivity contribution in [2.24, 2.45) is 0 Å². The van der Waals surface area contributed by atoms with Gasteiger partial charge in [-0.25, -0.2) is 8.42 Å². The van der Waals surface area contributed by atoms with Crippen LogP contribution in [0.2, 0.25) is 0 Å². The second-order valence-corrected chi connectivity index (χ2v) is 7.47. The molecule has 6 nitrogen and oxygen atoms in total. The van der Waals surface area contributed by atoms with Gasteiger partial charge in [0.15, 0.2) is 9.84 Å². The number of rotatable bonds is 3. The number of nitrogens with one attached hydrogen (secondary N) is 1. The minimum Gasteiger partial charge on any atom is -0.394 e. The van der Waals surface area contributed by atoms with Crippen molar-refractivity contribution >= 4 is 26.4 Å². The lowest BCUT2D eigenvalue weighted by Crippen LogP contribution is -2.20. The number of anilines is 1. The summed E-state index contributed by atoms with van der Waals surface area (Å²) in [4.78, 5) is 4.57. The van der Waals surface area contributed by atoms with E-state index in [0.29, 0.717) is 39.0 Å². The van der Waals surface area contributed by atoms with Gasteiger partial charge in [-0.2, -0.15) is 5.26 Å². The maximum atomic E-state index is 12.1. The Morgan fingerprint density at radius 3 is 2.95 bits per heavy atom. The number of aliphatic hydroxyl groups is 1. The molecule has 7 heteroatoms. The molecule has 1 aliphatic rings. The average molecular weight is 317 g/mol. The van der Waals surface area contributed by atoms with Crippen molar-refractivity contribution in [1.29, 1.82) is 5.26 Å². The zero-order valence-electron chi connectivity index (χ0n) is 12.0. The molecule has 0 spiro atoms. The highest BCUT2D eigenvalue weighted by Crippen LogP contribution is 2.37. The van der Waals surface area contributed by atoms with Crippen molar-refractivity contribution in [1.82, 2.24) is 4.98 Å². The number of aliphatic hydroxyl groups excluding tert-OH is 1. The van der Waals surface area contributed by atoms with Gasteiger partial charge in [-0.05, 0) is 31.0 Å². The van der Waals surface area contributed by atoms with E-state index in [0.717, 1.165) is 0 Å². The number of hydrogen-bond donors (Lipinski definition) is 2. The maximum Gasteiger partial charge on any atom is 0.179 e. The first-order valence-corrected chi connectivity index (χ1v) is 8.58. The van der Waals surface area contributed by atoms with E-state index in [9.17, 15) is 18.8 Å². The smallest absolute Gasteiger partial charge is 0.179 e. The highest BCUT2D eigenvalue weighted by Gasteiger charge is 2.29. The first-order chi connectivity index (χ1) is 10.5. The molecule has 0 unspecified atom stereocenters. The molecule has 0 saturated heterocycles. The van der Waals surface area contributed by atoms with Crippen LogP contribution >= 0.6 is 0 Å². The fourth-order valence-corrected chi connectivity index (χ4v) is 4.30. The first-order valence-electron chi connectivity index (χ1n) is 6.92. The van der Waals surface area contributed by atoms with Crippen LogP contribution in [0.1, 0.15) is 18.1 Å². The lowest BCUT2D eigenvalue weighted by Gasteiger charge is -2.17. The Kier molecular flexibility index (Phi) is 3.51. The first kappa shape index (κ1) is 14.8. The number of aromatic nitrogens is 1. The number of hydrogen-bond acceptors (Lipinski definition) is 6. The summed E-state index contributed by atoms with van der Waals surface area (Å²) >= 11 is 0. The minimum absolute atomic E-state index is 0.0766. The topological polar surface area (TPSA) is 103 Å². The van der Waals surface area contributed by atoms with Crippen molar-refractivity contribution in [3.8, 4) is 6.07 Å². The molecule has 0 aliphatic carbocycles. The summed E-state index contributed by atoms with van der Waals surface area (Å²) in [5.74, 6) is 0.0766. The van der Waals surface area contributed by atoms with Gasteiger partial charge in [-0.3, -0.25) is 4.98 Å². The third-order valence-corrected chi connectivity index (χ3v) is 5.64. The Labute approximate surface area is 128 Å². The SMILES string of the molecule is C[C@H](CO)Nc1c(C#N)cnc2ccc3c(c12)CCS3(=O)=O. The molecule has 0 amide bonds. The van der Waals surface area contributed by atoms with Gasteiger partial charge in [0, 0.05) is 17.6 Å². The second kappa shape index (κ2) is 5.23. The van der Waals surface area contributed by atoms with Crippen LogP contribution in [0.4, 0.5) is 5.69 Å². The normalized spacial score (nSPS) is 17.0. The molecule has 0 fully saturated rings. The number of aryl methyl sites for hydroxylation is 1. The second-order valence-electron chi connectivity index (χ2n) is 5.39. The van der Waals surface area contributed by atoms with Crippen LogP contribution in [-0.4, -0.2) is 36.9 Å². The van der Waals surface area contributed by atoms with Crippen LogP contribution in [0.15, 0.2) is 23.2 Å². The molecule has 0 radical (unpaired) electrons. The van der Waals surface area contributed by atoms with Gasteiger partial charge in [-0.15, -0.1) is 0 Å². The summed E-state index contributed by atoms with van der Waals surface area (Å²) in [6, 6.07) is 5.06. The minimum atomic E-state index is -3.26. The van der Waals surface area contributed by atoms with Gasteiger partial charge < -0.3 is 10.4 Å². The predicted octanol–water partition coefficient (Wildman–Crippen LogP) is 1.23. The molecule has 22 heavy (non-hydrogen) atoms. The van der Waals surface area contributed by atoms with Crippen molar-refractivity contribution in [3.05, 3.63) is 29.5 Å². The monoisotopic (exact) mass is 317 g/mol. The molecular weight excluding hydrogens is 302 g/mol. The van der Waals surface area contributed by atoms with E-state index < -0.39 is 9.84 Å². The fourth-order valence-electron chi connectivity index (χ4n) is 2.75. The number of pyridine rings is 1. The molecular formula is C15H15N3O3S. The zero-order chi connectivity index (χ0) is 15.9. The van der Waals surface area contributed by atoms with Crippen molar-refractivity contribution in [2.45, 2.75) is 24.3 Å². The number of fused-ring (bicyclic) bond motifs is 3. The van der Waals surface area contributed by atoms with Crippen LogP contribution in [0.3, 0.4) is 0 Å². The quantitative estimate of drug-likeness (QED) is 0.882. The Balaban J connectivity index is 2.36. The van der Waals surface area contributed by atoms with E-state index in [1.165, 1.54) is 6.20 Å². The largest absolute Gasteiger partial charge is 0.394 e. The number of benzene rings is 1. The van der Waals surface area contributed by atoms with E-state index in [1.807, 2.05) is 0 Å². The van der Waals surface area contributed by atoms with Gasteiger partial charge in [-0.1, -0.05) is 0 Å². The van der Waals surface area contributed by atoms with E-state index in [4.69, 9.17) is 0 Å². The standard InChI is InChI=1S/C15H15N3O3S/c1-9(8-19)18-15-10(6-16)7-17-12-2-3-13-11(14(12)15)4-5-22(13,20)21/h2-3,7,9,19H,4-5,8H2,1H3,(H,17,18)/t9-/m1/s1. The summed E-state index contributed by atoms with van der Waals surface area (Å²) in [6.07, 6.45) is 1.87. The van der Waals surface area contributed by atoms with Gasteiger partial charge >= 0.3 is 0 Å². The van der Waals surface area contributed by atoms with E-state index in [-0.39, 0.29) is 18.4 Å². The van der Waals surface area contributed by atoms with E-state index in [2.05, 4.69) is 16.4 Å². The Morgan fingerprint density at radius 2 is 2.27 bits per heavy atom. The van der Waals surface area contributed by atoms with Crippen LogP contribution in [0, 0.1) is 11.3 Å².